The third-order valence-corrected chi connectivity index (χ3v) is 6.79. The van der Waals surface area contributed by atoms with E-state index >= 15 is 0 Å². The first kappa shape index (κ1) is 24.9. The minimum Gasteiger partial charge on any atom is -0.324 e. The standard InChI is InChI=1S/C29H35N7O/c1-7-8-19-13-21(14-20-16-30-11-10-23(19)20)33-28-32-17-24-26(34-28)36(35(18(2)3)27(24)37)22-9-12-31-25(15-22)29(4,5)6/h7,9,12-15,17-18,30H,1,8,10-11,16H2,2-6H3,(H,32,33,34). The smallest absolute Gasteiger partial charge is 0.278 e. The summed E-state index contributed by atoms with van der Waals surface area (Å²) < 4.78 is 3.63. The van der Waals surface area contributed by atoms with Gasteiger partial charge in [-0.05, 0) is 74.2 Å². The van der Waals surface area contributed by atoms with Gasteiger partial charge in [-0.15, -0.1) is 6.58 Å². The van der Waals surface area contributed by atoms with E-state index in [1.807, 2.05) is 36.7 Å². The predicted molar refractivity (Wildman–Crippen MR) is 149 cm³/mol. The van der Waals surface area contributed by atoms with E-state index in [-0.39, 0.29) is 17.0 Å². The number of aromatic nitrogens is 5. The average Bonchev–Trinajstić information content (AvgIpc) is 3.15. The fourth-order valence-electron chi connectivity index (χ4n) is 4.99. The number of pyridine rings is 1. The Labute approximate surface area is 217 Å². The zero-order chi connectivity index (χ0) is 26.3. The Morgan fingerprint density at radius 2 is 2.03 bits per heavy atom. The third kappa shape index (κ3) is 4.69. The molecule has 1 aromatic carbocycles. The van der Waals surface area contributed by atoms with E-state index in [0.717, 1.165) is 43.0 Å². The quantitative estimate of drug-likeness (QED) is 0.366. The van der Waals surface area contributed by atoms with Gasteiger partial charge in [0.15, 0.2) is 5.65 Å². The molecular weight excluding hydrogens is 462 g/mol. The van der Waals surface area contributed by atoms with Gasteiger partial charge in [-0.2, -0.15) is 4.98 Å². The van der Waals surface area contributed by atoms with Crippen molar-refractivity contribution in [2.45, 2.75) is 65.5 Å². The second-order valence-electron chi connectivity index (χ2n) is 11.0. The largest absolute Gasteiger partial charge is 0.324 e. The van der Waals surface area contributed by atoms with Crippen LogP contribution < -0.4 is 16.2 Å². The number of rotatable bonds is 6. The van der Waals surface area contributed by atoms with Crippen LogP contribution in [0.15, 0.2) is 54.1 Å². The first-order chi connectivity index (χ1) is 17.7. The number of hydrogen-bond acceptors (Lipinski definition) is 6. The average molecular weight is 498 g/mol. The molecule has 0 amide bonds. The van der Waals surface area contributed by atoms with Crippen molar-refractivity contribution >= 4 is 22.7 Å². The molecule has 0 aliphatic carbocycles. The van der Waals surface area contributed by atoms with Crippen LogP contribution in [0.1, 0.15) is 63.0 Å². The minimum absolute atomic E-state index is 0.0704. The van der Waals surface area contributed by atoms with Crippen LogP contribution in [0.5, 0.6) is 0 Å². The summed E-state index contributed by atoms with van der Waals surface area (Å²) in [7, 11) is 0. The van der Waals surface area contributed by atoms with E-state index in [2.05, 4.69) is 60.1 Å². The Balaban J connectivity index is 1.63. The number of benzene rings is 1. The maximum Gasteiger partial charge on any atom is 0.278 e. The Bertz CT molecular complexity index is 1540. The Morgan fingerprint density at radius 1 is 1.22 bits per heavy atom. The zero-order valence-corrected chi connectivity index (χ0v) is 22.3. The van der Waals surface area contributed by atoms with Crippen LogP contribution in [0.3, 0.4) is 0 Å². The Morgan fingerprint density at radius 3 is 2.76 bits per heavy atom. The van der Waals surface area contributed by atoms with Gasteiger partial charge in [0.1, 0.15) is 5.39 Å². The molecule has 0 bridgehead atoms. The first-order valence-corrected chi connectivity index (χ1v) is 12.9. The van der Waals surface area contributed by atoms with Gasteiger partial charge in [0.05, 0.1) is 5.69 Å². The molecule has 1 aliphatic heterocycles. The number of hydrogen-bond donors (Lipinski definition) is 2. The highest BCUT2D eigenvalue weighted by Crippen LogP contribution is 2.28. The molecule has 5 rings (SSSR count). The molecule has 2 N–H and O–H groups in total. The van der Waals surface area contributed by atoms with Crippen LogP contribution in [-0.2, 0) is 24.8 Å². The summed E-state index contributed by atoms with van der Waals surface area (Å²) >= 11 is 0. The molecule has 8 nitrogen and oxygen atoms in total. The molecule has 0 spiro atoms. The first-order valence-electron chi connectivity index (χ1n) is 12.9. The third-order valence-electron chi connectivity index (χ3n) is 6.79. The lowest BCUT2D eigenvalue weighted by Gasteiger charge is -2.22. The van der Waals surface area contributed by atoms with Crippen molar-refractivity contribution < 1.29 is 0 Å². The molecule has 1 aliphatic rings. The molecule has 0 unspecified atom stereocenters. The number of nitrogens with zero attached hydrogens (tertiary/aromatic N) is 5. The molecule has 4 aromatic rings. The maximum atomic E-state index is 13.4. The van der Waals surface area contributed by atoms with Gasteiger partial charge in [0.25, 0.3) is 5.56 Å². The number of allylic oxidation sites excluding steroid dienone is 1. The lowest BCUT2D eigenvalue weighted by Crippen LogP contribution is -2.24. The van der Waals surface area contributed by atoms with Crippen molar-refractivity contribution in [3.63, 3.8) is 0 Å². The molecule has 8 heteroatoms. The summed E-state index contributed by atoms with van der Waals surface area (Å²) in [6, 6.07) is 8.20. The summed E-state index contributed by atoms with van der Waals surface area (Å²) in [5, 5.41) is 7.33. The predicted octanol–water partition coefficient (Wildman–Crippen LogP) is 4.97. The molecule has 192 valence electrons. The van der Waals surface area contributed by atoms with Gasteiger partial charge in [0.2, 0.25) is 5.95 Å². The number of nitrogens with one attached hydrogen (secondary N) is 2. The van der Waals surface area contributed by atoms with Crippen LogP contribution in [0.25, 0.3) is 16.7 Å². The topological polar surface area (TPSA) is 89.7 Å². The monoisotopic (exact) mass is 497 g/mol. The Kier molecular flexibility index (Phi) is 6.45. The summed E-state index contributed by atoms with van der Waals surface area (Å²) in [5.74, 6) is 0.445. The highest BCUT2D eigenvalue weighted by molar-refractivity contribution is 5.77. The van der Waals surface area contributed by atoms with Crippen molar-refractivity contribution in [2.75, 3.05) is 11.9 Å². The summed E-state index contributed by atoms with van der Waals surface area (Å²) in [6.45, 7) is 16.1. The molecule has 37 heavy (non-hydrogen) atoms. The van der Waals surface area contributed by atoms with Crippen molar-refractivity contribution in [3.8, 4) is 5.69 Å². The fourth-order valence-corrected chi connectivity index (χ4v) is 4.99. The van der Waals surface area contributed by atoms with Gasteiger partial charge in [-0.1, -0.05) is 26.8 Å². The van der Waals surface area contributed by atoms with E-state index in [9.17, 15) is 4.79 Å². The summed E-state index contributed by atoms with van der Waals surface area (Å²) in [4.78, 5) is 27.3. The van der Waals surface area contributed by atoms with Crippen LogP contribution in [-0.4, -0.2) is 30.9 Å². The van der Waals surface area contributed by atoms with E-state index in [1.165, 1.54) is 16.7 Å². The molecule has 4 heterocycles. The molecule has 0 saturated heterocycles. The SMILES string of the molecule is C=CCc1cc(Nc2ncc3c(=O)n(C(C)C)n(-c4ccnc(C(C)(C)C)c4)c3n2)cc2c1CCNC2. The van der Waals surface area contributed by atoms with Crippen molar-refractivity contribution in [1.82, 2.24) is 29.6 Å². The van der Waals surface area contributed by atoms with Crippen LogP contribution in [0.4, 0.5) is 11.6 Å². The zero-order valence-electron chi connectivity index (χ0n) is 22.3. The van der Waals surface area contributed by atoms with E-state index in [4.69, 9.17) is 4.98 Å². The van der Waals surface area contributed by atoms with Crippen LogP contribution in [0.2, 0.25) is 0 Å². The molecule has 0 fully saturated rings. The van der Waals surface area contributed by atoms with Crippen LogP contribution in [0, 0.1) is 0 Å². The van der Waals surface area contributed by atoms with Crippen molar-refractivity contribution in [3.05, 3.63) is 82.1 Å². The van der Waals surface area contributed by atoms with E-state index < -0.39 is 0 Å². The lowest BCUT2D eigenvalue weighted by molar-refractivity contribution is 0.474. The second kappa shape index (κ2) is 9.59. The highest BCUT2D eigenvalue weighted by atomic mass is 16.1. The second-order valence-corrected chi connectivity index (χ2v) is 11.0. The van der Waals surface area contributed by atoms with Crippen molar-refractivity contribution in [1.29, 1.82) is 0 Å². The van der Waals surface area contributed by atoms with E-state index in [1.54, 1.807) is 17.1 Å². The summed E-state index contributed by atoms with van der Waals surface area (Å²) in [5.41, 5.74) is 6.99. The minimum atomic E-state index is -0.131. The van der Waals surface area contributed by atoms with Gasteiger partial charge >= 0.3 is 0 Å². The molecule has 0 radical (unpaired) electrons. The Hall–Kier alpha value is -3.78. The summed E-state index contributed by atoms with van der Waals surface area (Å²) in [6.07, 6.45) is 7.18. The highest BCUT2D eigenvalue weighted by Gasteiger charge is 2.22. The normalized spacial score (nSPS) is 13.7. The molecule has 0 atom stereocenters. The van der Waals surface area contributed by atoms with Gasteiger partial charge in [-0.25, -0.2) is 14.3 Å². The molecule has 3 aromatic heterocycles. The fraction of sp³-hybridized carbons (Fsp3) is 0.379. The molecule has 0 saturated carbocycles. The van der Waals surface area contributed by atoms with Crippen molar-refractivity contribution in [2.24, 2.45) is 0 Å². The molecular formula is C29H35N7O. The van der Waals surface area contributed by atoms with Crippen LogP contribution >= 0.6 is 0 Å². The van der Waals surface area contributed by atoms with Gasteiger partial charge < -0.3 is 10.6 Å². The lowest BCUT2D eigenvalue weighted by atomic mass is 9.91. The maximum absolute atomic E-state index is 13.4. The number of anilines is 2. The van der Waals surface area contributed by atoms with E-state index in [0.29, 0.717) is 17.0 Å². The van der Waals surface area contributed by atoms with Gasteiger partial charge in [0, 0.05) is 41.8 Å². The number of fused-ring (bicyclic) bond motifs is 2. The van der Waals surface area contributed by atoms with Gasteiger partial charge in [-0.3, -0.25) is 9.78 Å².